The number of aliphatic carboxylic acids is 1. The van der Waals surface area contributed by atoms with Crippen LogP contribution in [-0.4, -0.2) is 15.6 Å². The van der Waals surface area contributed by atoms with Crippen molar-refractivity contribution in [3.63, 3.8) is 0 Å². The highest BCUT2D eigenvalue weighted by molar-refractivity contribution is 5.82. The van der Waals surface area contributed by atoms with E-state index < -0.39 is 5.97 Å². The monoisotopic (exact) mass is 311 g/mol. The summed E-state index contributed by atoms with van der Waals surface area (Å²) in [5.41, 5.74) is 3.33. The van der Waals surface area contributed by atoms with Crippen LogP contribution in [0.15, 0.2) is 42.1 Å². The molecular formula is C20H25NO2. The highest BCUT2D eigenvalue weighted by Crippen LogP contribution is 2.27. The average molecular weight is 311 g/mol. The third-order valence-electron chi connectivity index (χ3n) is 4.87. The molecular weight excluding hydrogens is 286 g/mol. The molecule has 1 heterocycles. The SMILES string of the molecule is CC(=CC(=O)O)Cc1ccc2c(ccn2CC2CCCCC2)c1. The van der Waals surface area contributed by atoms with Gasteiger partial charge in [0.2, 0.25) is 0 Å². The standard InChI is InChI=1S/C20H25NO2/c1-15(12-20(22)23)11-17-7-8-19-18(13-17)9-10-21(19)14-16-5-3-2-4-6-16/h7-10,12-13,16H,2-6,11,14H2,1H3,(H,22,23). The van der Waals surface area contributed by atoms with Crippen molar-refractivity contribution >= 4 is 16.9 Å². The van der Waals surface area contributed by atoms with Crippen molar-refractivity contribution in [2.45, 2.75) is 52.0 Å². The Morgan fingerprint density at radius 1 is 1.26 bits per heavy atom. The molecule has 0 amide bonds. The first kappa shape index (κ1) is 15.9. The van der Waals surface area contributed by atoms with E-state index in [1.54, 1.807) is 0 Å². The Balaban J connectivity index is 1.75. The second-order valence-corrected chi connectivity index (χ2v) is 6.87. The van der Waals surface area contributed by atoms with Gasteiger partial charge in [0.15, 0.2) is 0 Å². The van der Waals surface area contributed by atoms with Crippen LogP contribution in [-0.2, 0) is 17.8 Å². The molecule has 0 spiro atoms. The number of carboxylic acids is 1. The van der Waals surface area contributed by atoms with E-state index in [1.165, 1.54) is 54.6 Å². The molecule has 122 valence electrons. The summed E-state index contributed by atoms with van der Waals surface area (Å²) >= 11 is 0. The molecule has 0 radical (unpaired) electrons. The molecule has 1 aromatic heterocycles. The topological polar surface area (TPSA) is 42.2 Å². The Kier molecular flexibility index (Phi) is 4.85. The van der Waals surface area contributed by atoms with Crippen molar-refractivity contribution in [1.82, 2.24) is 4.57 Å². The number of hydrogen-bond acceptors (Lipinski definition) is 1. The predicted molar refractivity (Wildman–Crippen MR) is 93.6 cm³/mol. The lowest BCUT2D eigenvalue weighted by atomic mass is 9.89. The number of allylic oxidation sites excluding steroid dienone is 1. The van der Waals surface area contributed by atoms with E-state index in [2.05, 4.69) is 35.0 Å². The molecule has 23 heavy (non-hydrogen) atoms. The number of aromatic nitrogens is 1. The normalized spacial score (nSPS) is 16.8. The third kappa shape index (κ3) is 4.04. The smallest absolute Gasteiger partial charge is 0.328 e. The number of benzene rings is 1. The molecule has 1 aliphatic carbocycles. The van der Waals surface area contributed by atoms with Crippen LogP contribution in [0.4, 0.5) is 0 Å². The van der Waals surface area contributed by atoms with Crippen molar-refractivity contribution in [2.24, 2.45) is 5.92 Å². The van der Waals surface area contributed by atoms with E-state index >= 15 is 0 Å². The molecule has 0 atom stereocenters. The average Bonchev–Trinajstić information content (AvgIpc) is 2.90. The fourth-order valence-electron chi connectivity index (χ4n) is 3.75. The first-order chi connectivity index (χ1) is 11.1. The lowest BCUT2D eigenvalue weighted by Gasteiger charge is -2.22. The summed E-state index contributed by atoms with van der Waals surface area (Å²) in [7, 11) is 0. The zero-order valence-electron chi connectivity index (χ0n) is 13.8. The van der Waals surface area contributed by atoms with Gasteiger partial charge in [-0.3, -0.25) is 0 Å². The summed E-state index contributed by atoms with van der Waals surface area (Å²) in [6.45, 7) is 2.99. The molecule has 1 N–H and O–H groups in total. The lowest BCUT2D eigenvalue weighted by molar-refractivity contribution is -0.131. The molecule has 1 aromatic carbocycles. The molecule has 3 rings (SSSR count). The Morgan fingerprint density at radius 2 is 2.04 bits per heavy atom. The van der Waals surface area contributed by atoms with Crippen molar-refractivity contribution in [1.29, 1.82) is 0 Å². The molecule has 1 fully saturated rings. The van der Waals surface area contributed by atoms with Gasteiger partial charge in [-0.05, 0) is 61.3 Å². The Bertz CT molecular complexity index is 720. The molecule has 3 nitrogen and oxygen atoms in total. The van der Waals surface area contributed by atoms with Crippen molar-refractivity contribution in [2.75, 3.05) is 0 Å². The molecule has 0 saturated heterocycles. The van der Waals surface area contributed by atoms with Gasteiger partial charge < -0.3 is 9.67 Å². The first-order valence-corrected chi connectivity index (χ1v) is 8.60. The second-order valence-electron chi connectivity index (χ2n) is 6.87. The predicted octanol–water partition coefficient (Wildman–Crippen LogP) is 4.80. The molecule has 0 bridgehead atoms. The fourth-order valence-corrected chi connectivity index (χ4v) is 3.75. The van der Waals surface area contributed by atoms with Gasteiger partial charge >= 0.3 is 5.97 Å². The molecule has 1 saturated carbocycles. The van der Waals surface area contributed by atoms with Gasteiger partial charge in [-0.1, -0.05) is 30.9 Å². The minimum Gasteiger partial charge on any atom is -0.478 e. The minimum atomic E-state index is -0.873. The third-order valence-corrected chi connectivity index (χ3v) is 4.87. The van der Waals surface area contributed by atoms with Crippen molar-refractivity contribution in [3.05, 3.63) is 47.7 Å². The molecule has 2 aromatic rings. The lowest BCUT2D eigenvalue weighted by Crippen LogP contribution is -2.13. The van der Waals surface area contributed by atoms with Gasteiger partial charge in [0.1, 0.15) is 0 Å². The van der Waals surface area contributed by atoms with E-state index in [4.69, 9.17) is 5.11 Å². The van der Waals surface area contributed by atoms with E-state index in [0.29, 0.717) is 6.42 Å². The number of carboxylic acid groups (broad SMARTS) is 1. The Morgan fingerprint density at radius 3 is 2.78 bits per heavy atom. The van der Waals surface area contributed by atoms with Crippen LogP contribution < -0.4 is 0 Å². The molecule has 1 aliphatic rings. The Labute approximate surface area is 137 Å². The van der Waals surface area contributed by atoms with Crippen LogP contribution in [0.3, 0.4) is 0 Å². The number of fused-ring (bicyclic) bond motifs is 1. The zero-order chi connectivity index (χ0) is 16.2. The number of carbonyl (C=O) groups is 1. The van der Waals surface area contributed by atoms with Crippen molar-refractivity contribution < 1.29 is 9.90 Å². The maximum Gasteiger partial charge on any atom is 0.328 e. The van der Waals surface area contributed by atoms with Gasteiger partial charge in [0, 0.05) is 24.3 Å². The maximum absolute atomic E-state index is 10.7. The van der Waals surface area contributed by atoms with Crippen LogP contribution in [0.1, 0.15) is 44.6 Å². The van der Waals surface area contributed by atoms with E-state index in [1.807, 2.05) is 6.92 Å². The summed E-state index contributed by atoms with van der Waals surface area (Å²) in [5, 5.41) is 10.1. The summed E-state index contributed by atoms with van der Waals surface area (Å²) in [6, 6.07) is 8.67. The second kappa shape index (κ2) is 7.03. The summed E-state index contributed by atoms with van der Waals surface area (Å²) in [6.07, 6.45) is 11.0. The minimum absolute atomic E-state index is 0.691. The summed E-state index contributed by atoms with van der Waals surface area (Å²) < 4.78 is 2.38. The molecule has 3 heteroatoms. The van der Waals surface area contributed by atoms with Gasteiger partial charge in [0.05, 0.1) is 0 Å². The quantitative estimate of drug-likeness (QED) is 0.806. The maximum atomic E-state index is 10.7. The van der Waals surface area contributed by atoms with Crippen LogP contribution >= 0.6 is 0 Å². The molecule has 0 unspecified atom stereocenters. The van der Waals surface area contributed by atoms with Gasteiger partial charge in [0.25, 0.3) is 0 Å². The molecule has 0 aliphatic heterocycles. The number of rotatable bonds is 5. The largest absolute Gasteiger partial charge is 0.478 e. The highest BCUT2D eigenvalue weighted by Gasteiger charge is 2.14. The zero-order valence-corrected chi connectivity index (χ0v) is 13.8. The fraction of sp³-hybridized carbons (Fsp3) is 0.450. The summed E-state index contributed by atoms with van der Waals surface area (Å²) in [4.78, 5) is 10.7. The van der Waals surface area contributed by atoms with E-state index in [0.717, 1.165) is 18.0 Å². The van der Waals surface area contributed by atoms with Crippen LogP contribution in [0, 0.1) is 5.92 Å². The summed E-state index contributed by atoms with van der Waals surface area (Å²) in [5.74, 6) is -0.0537. The number of hydrogen-bond donors (Lipinski definition) is 1. The van der Waals surface area contributed by atoms with Crippen LogP contribution in [0.2, 0.25) is 0 Å². The Hall–Kier alpha value is -2.03. The van der Waals surface area contributed by atoms with Crippen molar-refractivity contribution in [3.8, 4) is 0 Å². The van der Waals surface area contributed by atoms with Crippen LogP contribution in [0.25, 0.3) is 10.9 Å². The van der Waals surface area contributed by atoms with E-state index in [9.17, 15) is 4.79 Å². The first-order valence-electron chi connectivity index (χ1n) is 8.60. The van der Waals surface area contributed by atoms with E-state index in [-0.39, 0.29) is 0 Å². The van der Waals surface area contributed by atoms with Crippen LogP contribution in [0.5, 0.6) is 0 Å². The van der Waals surface area contributed by atoms with Gasteiger partial charge in [-0.2, -0.15) is 0 Å². The highest BCUT2D eigenvalue weighted by atomic mass is 16.4. The van der Waals surface area contributed by atoms with Gasteiger partial charge in [-0.15, -0.1) is 0 Å². The van der Waals surface area contributed by atoms with Gasteiger partial charge in [-0.25, -0.2) is 4.79 Å². The number of nitrogens with zero attached hydrogens (tertiary/aromatic N) is 1.